The summed E-state index contributed by atoms with van der Waals surface area (Å²) in [5, 5.41) is 12.9. The molecule has 0 bridgehead atoms. The SMILES string of the molecule is O=C(O)C1CCCC(C(=O)NC2CCOC2c2ccc(Cl)cc2)C1. The Bertz CT molecular complexity index is 604. The van der Waals surface area contributed by atoms with Crippen molar-refractivity contribution < 1.29 is 19.4 Å². The van der Waals surface area contributed by atoms with Gasteiger partial charge in [-0.2, -0.15) is 0 Å². The van der Waals surface area contributed by atoms with E-state index >= 15 is 0 Å². The van der Waals surface area contributed by atoms with Crippen LogP contribution in [0, 0.1) is 11.8 Å². The number of halogens is 1. The predicted octanol–water partition coefficient (Wildman–Crippen LogP) is 3.18. The summed E-state index contributed by atoms with van der Waals surface area (Å²) >= 11 is 5.92. The second kappa shape index (κ2) is 7.53. The van der Waals surface area contributed by atoms with Gasteiger partial charge in [0.05, 0.1) is 12.0 Å². The van der Waals surface area contributed by atoms with Crippen molar-refractivity contribution in [1.29, 1.82) is 0 Å². The first-order chi connectivity index (χ1) is 11.5. The molecule has 0 radical (unpaired) electrons. The van der Waals surface area contributed by atoms with Crippen LogP contribution in [0.5, 0.6) is 0 Å². The topological polar surface area (TPSA) is 75.6 Å². The van der Waals surface area contributed by atoms with Gasteiger partial charge < -0.3 is 15.2 Å². The number of carbonyl (C=O) groups is 2. The highest BCUT2D eigenvalue weighted by atomic mass is 35.5. The number of hydrogen-bond donors (Lipinski definition) is 2. The van der Waals surface area contributed by atoms with Gasteiger partial charge in [0.2, 0.25) is 5.91 Å². The van der Waals surface area contributed by atoms with Crippen molar-refractivity contribution in [3.63, 3.8) is 0 Å². The van der Waals surface area contributed by atoms with Crippen LogP contribution in [0.3, 0.4) is 0 Å². The number of hydrogen-bond acceptors (Lipinski definition) is 3. The molecule has 3 rings (SSSR count). The van der Waals surface area contributed by atoms with Gasteiger partial charge in [0.25, 0.3) is 0 Å². The first-order valence-corrected chi connectivity index (χ1v) is 8.82. The maximum absolute atomic E-state index is 12.6. The van der Waals surface area contributed by atoms with Crippen molar-refractivity contribution in [2.75, 3.05) is 6.61 Å². The molecular weight excluding hydrogens is 330 g/mol. The number of nitrogens with one attached hydrogen (secondary N) is 1. The summed E-state index contributed by atoms with van der Waals surface area (Å²) in [4.78, 5) is 23.7. The summed E-state index contributed by atoms with van der Waals surface area (Å²) in [5.41, 5.74) is 0.995. The van der Waals surface area contributed by atoms with E-state index in [4.69, 9.17) is 16.3 Å². The minimum absolute atomic E-state index is 0.0459. The predicted molar refractivity (Wildman–Crippen MR) is 89.8 cm³/mol. The number of benzene rings is 1. The number of carbonyl (C=O) groups excluding carboxylic acids is 1. The van der Waals surface area contributed by atoms with Gasteiger partial charge in [-0.3, -0.25) is 9.59 Å². The number of carboxylic acids is 1. The van der Waals surface area contributed by atoms with E-state index in [2.05, 4.69) is 5.32 Å². The fourth-order valence-corrected chi connectivity index (χ4v) is 3.80. The third-order valence-electron chi connectivity index (χ3n) is 5.01. The maximum Gasteiger partial charge on any atom is 0.306 e. The molecule has 24 heavy (non-hydrogen) atoms. The van der Waals surface area contributed by atoms with Crippen molar-refractivity contribution in [3.05, 3.63) is 34.9 Å². The Labute approximate surface area is 146 Å². The average Bonchev–Trinajstić information content (AvgIpc) is 3.03. The van der Waals surface area contributed by atoms with E-state index in [0.29, 0.717) is 24.5 Å². The lowest BCUT2D eigenvalue weighted by atomic mass is 9.81. The highest BCUT2D eigenvalue weighted by Gasteiger charge is 2.35. The molecule has 1 aromatic carbocycles. The Morgan fingerprint density at radius 3 is 2.54 bits per heavy atom. The standard InChI is InChI=1S/C18H22ClNO4/c19-14-6-4-11(5-7-14)16-15(8-9-24-16)20-17(21)12-2-1-3-13(10-12)18(22)23/h4-7,12-13,15-16H,1-3,8-10H2,(H,20,21)(H,22,23). The molecule has 4 atom stereocenters. The van der Waals surface area contributed by atoms with E-state index in [1.54, 1.807) is 0 Å². The van der Waals surface area contributed by atoms with E-state index in [1.165, 1.54) is 0 Å². The van der Waals surface area contributed by atoms with Crippen molar-refractivity contribution in [2.45, 2.75) is 44.2 Å². The molecule has 130 valence electrons. The molecule has 1 aliphatic carbocycles. The molecule has 1 saturated heterocycles. The van der Waals surface area contributed by atoms with Crippen molar-refractivity contribution in [1.82, 2.24) is 5.32 Å². The minimum Gasteiger partial charge on any atom is -0.481 e. The Morgan fingerprint density at radius 2 is 1.83 bits per heavy atom. The van der Waals surface area contributed by atoms with Crippen LogP contribution in [-0.2, 0) is 14.3 Å². The Kier molecular flexibility index (Phi) is 5.41. The van der Waals surface area contributed by atoms with Crippen LogP contribution in [0.25, 0.3) is 0 Å². The van der Waals surface area contributed by atoms with Gasteiger partial charge in [0.15, 0.2) is 0 Å². The molecule has 1 amide bonds. The number of ether oxygens (including phenoxy) is 1. The van der Waals surface area contributed by atoms with Gasteiger partial charge in [-0.15, -0.1) is 0 Å². The van der Waals surface area contributed by atoms with Crippen LogP contribution in [0.15, 0.2) is 24.3 Å². The van der Waals surface area contributed by atoms with E-state index in [-0.39, 0.29) is 24.0 Å². The van der Waals surface area contributed by atoms with Gasteiger partial charge >= 0.3 is 5.97 Å². The molecular formula is C18H22ClNO4. The summed E-state index contributed by atoms with van der Waals surface area (Å²) < 4.78 is 5.79. The Balaban J connectivity index is 1.62. The van der Waals surface area contributed by atoms with Crippen LogP contribution in [0.4, 0.5) is 0 Å². The number of carboxylic acid groups (broad SMARTS) is 1. The van der Waals surface area contributed by atoms with Gasteiger partial charge in [-0.25, -0.2) is 0 Å². The lowest BCUT2D eigenvalue weighted by Crippen LogP contribution is -2.42. The van der Waals surface area contributed by atoms with Gasteiger partial charge in [0.1, 0.15) is 6.10 Å². The molecule has 2 N–H and O–H groups in total. The largest absolute Gasteiger partial charge is 0.481 e. The quantitative estimate of drug-likeness (QED) is 0.873. The third-order valence-corrected chi connectivity index (χ3v) is 5.26. The molecule has 2 aliphatic rings. The van der Waals surface area contributed by atoms with E-state index < -0.39 is 11.9 Å². The second-order valence-corrected chi connectivity index (χ2v) is 7.08. The van der Waals surface area contributed by atoms with E-state index in [9.17, 15) is 14.7 Å². The lowest BCUT2D eigenvalue weighted by Gasteiger charge is -2.28. The van der Waals surface area contributed by atoms with Crippen molar-refractivity contribution in [2.24, 2.45) is 11.8 Å². The number of amides is 1. The molecule has 5 nitrogen and oxygen atoms in total. The summed E-state index contributed by atoms with van der Waals surface area (Å²) in [6.07, 6.45) is 3.23. The van der Waals surface area contributed by atoms with Gasteiger partial charge in [0, 0.05) is 17.5 Å². The van der Waals surface area contributed by atoms with Crippen LogP contribution in [0.1, 0.15) is 43.8 Å². The highest BCUT2D eigenvalue weighted by molar-refractivity contribution is 6.30. The van der Waals surface area contributed by atoms with Crippen LogP contribution in [0.2, 0.25) is 5.02 Å². The molecule has 2 fully saturated rings. The summed E-state index contributed by atoms with van der Waals surface area (Å²) in [6, 6.07) is 7.38. The molecule has 1 aromatic rings. The number of rotatable bonds is 4. The fourth-order valence-electron chi connectivity index (χ4n) is 3.67. The summed E-state index contributed by atoms with van der Waals surface area (Å²) in [6.45, 7) is 0.598. The first-order valence-electron chi connectivity index (χ1n) is 8.45. The van der Waals surface area contributed by atoms with Crippen LogP contribution in [-0.4, -0.2) is 29.6 Å². The lowest BCUT2D eigenvalue weighted by molar-refractivity contribution is -0.144. The molecule has 4 unspecified atom stereocenters. The Morgan fingerprint density at radius 1 is 1.12 bits per heavy atom. The zero-order valence-electron chi connectivity index (χ0n) is 13.4. The smallest absolute Gasteiger partial charge is 0.306 e. The van der Waals surface area contributed by atoms with Crippen molar-refractivity contribution in [3.8, 4) is 0 Å². The minimum atomic E-state index is -0.796. The Hall–Kier alpha value is -1.59. The van der Waals surface area contributed by atoms with Crippen LogP contribution < -0.4 is 5.32 Å². The normalized spacial score (nSPS) is 30.0. The van der Waals surface area contributed by atoms with Crippen LogP contribution >= 0.6 is 11.6 Å². The van der Waals surface area contributed by atoms with Gasteiger partial charge in [-0.05, 0) is 43.4 Å². The molecule has 6 heteroatoms. The number of aliphatic carboxylic acids is 1. The molecule has 1 heterocycles. The van der Waals surface area contributed by atoms with E-state index in [0.717, 1.165) is 24.8 Å². The summed E-state index contributed by atoms with van der Waals surface area (Å²) in [7, 11) is 0. The first kappa shape index (κ1) is 17.2. The van der Waals surface area contributed by atoms with E-state index in [1.807, 2.05) is 24.3 Å². The maximum atomic E-state index is 12.6. The molecule has 1 saturated carbocycles. The monoisotopic (exact) mass is 351 g/mol. The molecule has 1 aliphatic heterocycles. The zero-order chi connectivity index (χ0) is 17.1. The van der Waals surface area contributed by atoms with Gasteiger partial charge in [-0.1, -0.05) is 30.2 Å². The molecule has 0 aromatic heterocycles. The zero-order valence-corrected chi connectivity index (χ0v) is 14.2. The second-order valence-electron chi connectivity index (χ2n) is 6.65. The highest BCUT2D eigenvalue weighted by Crippen LogP contribution is 2.32. The third kappa shape index (κ3) is 3.90. The fraction of sp³-hybridized carbons (Fsp3) is 0.556. The van der Waals surface area contributed by atoms with Crippen molar-refractivity contribution >= 4 is 23.5 Å². The summed E-state index contributed by atoms with van der Waals surface area (Å²) in [5.74, 6) is -1.46. The average molecular weight is 352 g/mol. The molecule has 0 spiro atoms.